The van der Waals surface area contributed by atoms with Gasteiger partial charge in [0.15, 0.2) is 0 Å². The van der Waals surface area contributed by atoms with Crippen LogP contribution in [-0.4, -0.2) is 64.1 Å². The van der Waals surface area contributed by atoms with Crippen molar-refractivity contribution in [1.82, 2.24) is 10.2 Å². The van der Waals surface area contributed by atoms with E-state index >= 15 is 0 Å². The van der Waals surface area contributed by atoms with Crippen LogP contribution in [0.5, 0.6) is 0 Å². The molecule has 0 radical (unpaired) electrons. The van der Waals surface area contributed by atoms with Gasteiger partial charge in [-0.15, -0.1) is 6.58 Å². The van der Waals surface area contributed by atoms with Crippen LogP contribution >= 0.6 is 0 Å². The molecule has 1 saturated heterocycles. The number of rotatable bonds is 9. The van der Waals surface area contributed by atoms with E-state index in [9.17, 15) is 0 Å². The zero-order valence-electron chi connectivity index (χ0n) is 11.0. The fourth-order valence-corrected chi connectivity index (χ4v) is 2.01. The van der Waals surface area contributed by atoms with E-state index in [0.29, 0.717) is 6.10 Å². The summed E-state index contributed by atoms with van der Waals surface area (Å²) < 4.78 is 11.0. The third-order valence-corrected chi connectivity index (χ3v) is 3.05. The second kappa shape index (κ2) is 9.59. The van der Waals surface area contributed by atoms with Gasteiger partial charge < -0.3 is 14.8 Å². The molecule has 4 heteroatoms. The molecule has 1 N–H and O–H groups in total. The van der Waals surface area contributed by atoms with Crippen LogP contribution in [0.3, 0.4) is 0 Å². The highest BCUT2D eigenvalue weighted by atomic mass is 16.5. The minimum absolute atomic E-state index is 0.448. The van der Waals surface area contributed by atoms with Crippen LogP contribution in [0, 0.1) is 0 Å². The Labute approximate surface area is 105 Å². The Morgan fingerprint density at radius 1 is 1.29 bits per heavy atom. The average Bonchev–Trinajstić information content (AvgIpc) is 2.37. The highest BCUT2D eigenvalue weighted by Crippen LogP contribution is 2.06. The first-order valence-corrected chi connectivity index (χ1v) is 6.51. The molecule has 0 aromatic rings. The number of piperidine rings is 1. The molecular formula is C13H26N2O2. The lowest BCUT2D eigenvalue weighted by molar-refractivity contribution is 0.0187. The van der Waals surface area contributed by atoms with Crippen molar-refractivity contribution < 1.29 is 9.47 Å². The number of nitrogens with one attached hydrogen (secondary N) is 1. The quantitative estimate of drug-likeness (QED) is 0.609. The van der Waals surface area contributed by atoms with Crippen LogP contribution in [0.1, 0.15) is 12.8 Å². The molecule has 1 aliphatic heterocycles. The van der Waals surface area contributed by atoms with Gasteiger partial charge in [0.05, 0.1) is 19.3 Å². The highest BCUT2D eigenvalue weighted by molar-refractivity contribution is 4.74. The molecule has 17 heavy (non-hydrogen) atoms. The van der Waals surface area contributed by atoms with Gasteiger partial charge in [-0.3, -0.25) is 4.90 Å². The molecule has 0 amide bonds. The van der Waals surface area contributed by atoms with Crippen molar-refractivity contribution in [2.75, 3.05) is 53.0 Å². The Balaban J connectivity index is 2.09. The molecule has 1 fully saturated rings. The minimum atomic E-state index is 0.448. The molecule has 1 aliphatic rings. The van der Waals surface area contributed by atoms with Crippen LogP contribution in [0.2, 0.25) is 0 Å². The van der Waals surface area contributed by atoms with E-state index in [-0.39, 0.29) is 0 Å². The first-order chi connectivity index (χ1) is 8.36. The Morgan fingerprint density at radius 3 is 2.65 bits per heavy atom. The SMILES string of the molecule is C=CCN(CCOC)CCOC1CCNCC1. The third-order valence-electron chi connectivity index (χ3n) is 3.05. The number of methoxy groups -OCH3 is 1. The maximum atomic E-state index is 5.88. The molecule has 0 aromatic heterocycles. The molecule has 0 unspecified atom stereocenters. The summed E-state index contributed by atoms with van der Waals surface area (Å²) in [5, 5.41) is 3.34. The summed E-state index contributed by atoms with van der Waals surface area (Å²) in [5.41, 5.74) is 0. The van der Waals surface area contributed by atoms with E-state index in [1.54, 1.807) is 7.11 Å². The Kier molecular flexibility index (Phi) is 8.26. The van der Waals surface area contributed by atoms with Crippen molar-refractivity contribution in [3.63, 3.8) is 0 Å². The van der Waals surface area contributed by atoms with Gasteiger partial charge in [-0.25, -0.2) is 0 Å². The van der Waals surface area contributed by atoms with Crippen LogP contribution < -0.4 is 5.32 Å². The van der Waals surface area contributed by atoms with Crippen LogP contribution in [-0.2, 0) is 9.47 Å². The zero-order valence-corrected chi connectivity index (χ0v) is 11.0. The fourth-order valence-electron chi connectivity index (χ4n) is 2.01. The molecule has 1 rings (SSSR count). The summed E-state index contributed by atoms with van der Waals surface area (Å²) in [6.07, 6.45) is 4.66. The summed E-state index contributed by atoms with van der Waals surface area (Å²) in [6, 6.07) is 0. The fraction of sp³-hybridized carbons (Fsp3) is 0.846. The van der Waals surface area contributed by atoms with Crippen molar-refractivity contribution in [2.24, 2.45) is 0 Å². The Morgan fingerprint density at radius 2 is 2.00 bits per heavy atom. The summed E-state index contributed by atoms with van der Waals surface area (Å²) in [7, 11) is 1.73. The smallest absolute Gasteiger partial charge is 0.0600 e. The van der Waals surface area contributed by atoms with Gasteiger partial charge in [-0.05, 0) is 25.9 Å². The van der Waals surface area contributed by atoms with Gasteiger partial charge in [0, 0.05) is 26.7 Å². The van der Waals surface area contributed by atoms with Gasteiger partial charge in [0.2, 0.25) is 0 Å². The molecule has 0 bridgehead atoms. The van der Waals surface area contributed by atoms with Gasteiger partial charge >= 0.3 is 0 Å². The Bertz CT molecular complexity index is 194. The summed E-state index contributed by atoms with van der Waals surface area (Å²) in [6.45, 7) is 10.3. The topological polar surface area (TPSA) is 33.7 Å². The predicted molar refractivity (Wildman–Crippen MR) is 70.4 cm³/mol. The molecule has 4 nitrogen and oxygen atoms in total. The summed E-state index contributed by atoms with van der Waals surface area (Å²) >= 11 is 0. The van der Waals surface area contributed by atoms with E-state index in [2.05, 4.69) is 16.8 Å². The lowest BCUT2D eigenvalue weighted by Crippen LogP contribution is -2.35. The van der Waals surface area contributed by atoms with Crippen molar-refractivity contribution in [1.29, 1.82) is 0 Å². The second-order valence-electron chi connectivity index (χ2n) is 4.40. The molecule has 0 aliphatic carbocycles. The van der Waals surface area contributed by atoms with Crippen molar-refractivity contribution >= 4 is 0 Å². The van der Waals surface area contributed by atoms with Crippen LogP contribution in [0.15, 0.2) is 12.7 Å². The first-order valence-electron chi connectivity index (χ1n) is 6.51. The van der Waals surface area contributed by atoms with Gasteiger partial charge in [-0.1, -0.05) is 6.08 Å². The van der Waals surface area contributed by atoms with Gasteiger partial charge in [-0.2, -0.15) is 0 Å². The van der Waals surface area contributed by atoms with Crippen molar-refractivity contribution in [3.05, 3.63) is 12.7 Å². The van der Waals surface area contributed by atoms with E-state index in [4.69, 9.17) is 9.47 Å². The van der Waals surface area contributed by atoms with E-state index in [0.717, 1.165) is 58.8 Å². The minimum Gasteiger partial charge on any atom is -0.383 e. The monoisotopic (exact) mass is 242 g/mol. The maximum absolute atomic E-state index is 5.88. The normalized spacial score (nSPS) is 17.5. The maximum Gasteiger partial charge on any atom is 0.0600 e. The molecular weight excluding hydrogens is 216 g/mol. The number of nitrogens with zero attached hydrogens (tertiary/aromatic N) is 1. The van der Waals surface area contributed by atoms with Crippen molar-refractivity contribution in [3.8, 4) is 0 Å². The third kappa shape index (κ3) is 6.78. The lowest BCUT2D eigenvalue weighted by atomic mass is 10.1. The summed E-state index contributed by atoms with van der Waals surface area (Å²) in [5.74, 6) is 0. The lowest BCUT2D eigenvalue weighted by Gasteiger charge is -2.25. The molecule has 0 saturated carbocycles. The molecule has 0 atom stereocenters. The largest absolute Gasteiger partial charge is 0.383 e. The van der Waals surface area contributed by atoms with E-state index in [1.165, 1.54) is 0 Å². The highest BCUT2D eigenvalue weighted by Gasteiger charge is 2.13. The number of hydrogen-bond donors (Lipinski definition) is 1. The van der Waals surface area contributed by atoms with Gasteiger partial charge in [0.1, 0.15) is 0 Å². The van der Waals surface area contributed by atoms with Crippen LogP contribution in [0.25, 0.3) is 0 Å². The molecule has 1 heterocycles. The van der Waals surface area contributed by atoms with E-state index in [1.807, 2.05) is 6.08 Å². The molecule has 0 aromatic carbocycles. The zero-order chi connectivity index (χ0) is 12.3. The van der Waals surface area contributed by atoms with E-state index < -0.39 is 0 Å². The van der Waals surface area contributed by atoms with Crippen molar-refractivity contribution in [2.45, 2.75) is 18.9 Å². The number of ether oxygens (including phenoxy) is 2. The Hall–Kier alpha value is -0.420. The second-order valence-corrected chi connectivity index (χ2v) is 4.40. The first kappa shape index (κ1) is 14.6. The molecule has 0 spiro atoms. The average molecular weight is 242 g/mol. The van der Waals surface area contributed by atoms with Gasteiger partial charge in [0.25, 0.3) is 0 Å². The predicted octanol–water partition coefficient (Wildman–Crippen LogP) is 0.889. The molecule has 100 valence electrons. The number of hydrogen-bond acceptors (Lipinski definition) is 4. The standard InChI is InChI=1S/C13H26N2O2/c1-3-8-15(9-11-16-2)10-12-17-13-4-6-14-7-5-13/h3,13-14H,1,4-12H2,2H3. The van der Waals surface area contributed by atoms with Crippen LogP contribution in [0.4, 0.5) is 0 Å². The summed E-state index contributed by atoms with van der Waals surface area (Å²) in [4.78, 5) is 2.30.